The van der Waals surface area contributed by atoms with Crippen LogP contribution < -0.4 is 0 Å². The fraction of sp³-hybridized carbons (Fsp3) is 0.103. The van der Waals surface area contributed by atoms with Crippen molar-refractivity contribution in [1.82, 2.24) is 15.0 Å². The van der Waals surface area contributed by atoms with Gasteiger partial charge in [-0.1, -0.05) is 12.1 Å². The number of hydrogen-bond acceptors (Lipinski definition) is 3. The lowest BCUT2D eigenvalue weighted by molar-refractivity contribution is 0.628. The summed E-state index contributed by atoms with van der Waals surface area (Å²) in [5.74, 6) is -0.248. The predicted octanol–water partition coefficient (Wildman–Crippen LogP) is 8.12. The van der Waals surface area contributed by atoms with Crippen LogP contribution in [0.5, 0.6) is 0 Å². The number of fused-ring (bicyclic) bond motifs is 8. The van der Waals surface area contributed by atoms with Crippen LogP contribution in [0.4, 0.5) is 4.39 Å². The molecule has 3 nitrogen and oxygen atoms in total. The summed E-state index contributed by atoms with van der Waals surface area (Å²) in [4.78, 5) is 13.5. The molecule has 0 saturated heterocycles. The van der Waals surface area contributed by atoms with Crippen LogP contribution in [0.1, 0.15) is 39.5 Å². The third-order valence-electron chi connectivity index (χ3n) is 6.54. The van der Waals surface area contributed by atoms with Gasteiger partial charge in [0.05, 0.1) is 22.8 Å². The van der Waals surface area contributed by atoms with Crippen molar-refractivity contribution in [2.45, 2.75) is 20.8 Å². The molecule has 0 radical (unpaired) electrons. The Hall–Kier alpha value is -3.83. The second kappa shape index (κ2) is 7.89. The summed E-state index contributed by atoms with van der Waals surface area (Å²) in [7, 11) is 0. The van der Waals surface area contributed by atoms with Crippen LogP contribution in [-0.4, -0.2) is 15.0 Å². The van der Waals surface area contributed by atoms with Gasteiger partial charge in [0.2, 0.25) is 0 Å². The minimum absolute atomic E-state index is 0.248. The van der Waals surface area contributed by atoms with E-state index in [9.17, 15) is 4.39 Å². The largest absolute Gasteiger partial charge is 0.355 e. The highest BCUT2D eigenvalue weighted by molar-refractivity contribution is 7.24. The summed E-state index contributed by atoms with van der Waals surface area (Å²) in [5, 5.41) is 0. The molecule has 8 bridgehead atoms. The molecule has 2 aliphatic rings. The molecule has 0 atom stereocenters. The van der Waals surface area contributed by atoms with Gasteiger partial charge in [-0.05, 0) is 104 Å². The van der Waals surface area contributed by atoms with E-state index in [2.05, 4.69) is 74.3 Å². The van der Waals surface area contributed by atoms with Gasteiger partial charge in [-0.25, -0.2) is 14.4 Å². The maximum atomic E-state index is 13.7. The maximum absolute atomic E-state index is 13.7. The molecule has 0 saturated carbocycles. The molecular weight excluding hydrogens is 441 g/mol. The Morgan fingerprint density at radius 2 is 1.15 bits per heavy atom. The number of nitrogens with one attached hydrogen (secondary N) is 1. The lowest BCUT2D eigenvalue weighted by atomic mass is 10.0. The standard InChI is InChI=1S/C29H22FN3S/c1-16-21-8-9-22(31-21)17(2)24-12-13-26(33-24)29(19-4-6-20(30)7-5-19)28-15-14-27(34-28)18(3)25-11-10-23(16)32-25/h4-15,31H,1-3H3. The first kappa shape index (κ1) is 20.8. The minimum Gasteiger partial charge on any atom is -0.355 e. The molecule has 0 spiro atoms. The Bertz CT molecular complexity index is 1690. The molecule has 166 valence electrons. The number of aryl methyl sites for hydroxylation is 3. The number of rotatable bonds is 1. The molecular formula is C29H22FN3S. The highest BCUT2D eigenvalue weighted by Crippen LogP contribution is 2.36. The molecule has 0 aliphatic carbocycles. The summed E-state index contributed by atoms with van der Waals surface area (Å²) >= 11 is 1.71. The van der Waals surface area contributed by atoms with E-state index in [4.69, 9.17) is 9.97 Å². The van der Waals surface area contributed by atoms with Crippen LogP contribution in [-0.2, 0) is 0 Å². The molecule has 4 aromatic rings. The monoisotopic (exact) mass is 463 g/mol. The first-order valence-electron chi connectivity index (χ1n) is 11.2. The molecule has 5 heteroatoms. The van der Waals surface area contributed by atoms with E-state index in [1.54, 1.807) is 11.3 Å². The predicted molar refractivity (Wildman–Crippen MR) is 142 cm³/mol. The fourth-order valence-electron chi connectivity index (χ4n) is 4.43. The first-order chi connectivity index (χ1) is 16.5. The molecule has 5 heterocycles. The van der Waals surface area contributed by atoms with Crippen LogP contribution >= 0.6 is 11.3 Å². The molecule has 1 aromatic carbocycles. The Morgan fingerprint density at radius 3 is 1.79 bits per heavy atom. The van der Waals surface area contributed by atoms with Crippen LogP contribution in [0, 0.1) is 26.6 Å². The van der Waals surface area contributed by atoms with Crippen molar-refractivity contribution in [3.63, 3.8) is 0 Å². The molecule has 0 fully saturated rings. The lowest BCUT2D eigenvalue weighted by Gasteiger charge is -2.03. The van der Waals surface area contributed by atoms with E-state index >= 15 is 0 Å². The smallest absolute Gasteiger partial charge is 0.123 e. The second-order valence-corrected chi connectivity index (χ2v) is 9.72. The highest BCUT2D eigenvalue weighted by atomic mass is 32.1. The van der Waals surface area contributed by atoms with Crippen LogP contribution in [0.2, 0.25) is 0 Å². The molecule has 0 unspecified atom stereocenters. The van der Waals surface area contributed by atoms with Crippen LogP contribution in [0.15, 0.2) is 48.5 Å². The average molecular weight is 464 g/mol. The van der Waals surface area contributed by atoms with Gasteiger partial charge >= 0.3 is 0 Å². The lowest BCUT2D eigenvalue weighted by Crippen LogP contribution is -1.86. The third-order valence-corrected chi connectivity index (χ3v) is 7.76. The van der Waals surface area contributed by atoms with Crippen molar-refractivity contribution in [2.75, 3.05) is 0 Å². The van der Waals surface area contributed by atoms with E-state index in [1.165, 1.54) is 12.1 Å². The molecule has 3 aromatic heterocycles. The number of hydrogen-bond donors (Lipinski definition) is 1. The summed E-state index contributed by atoms with van der Waals surface area (Å²) in [5.41, 5.74) is 11.1. The van der Waals surface area contributed by atoms with Gasteiger partial charge in [-0.3, -0.25) is 0 Å². The van der Waals surface area contributed by atoms with E-state index in [0.29, 0.717) is 0 Å². The zero-order chi connectivity index (χ0) is 23.4. The second-order valence-electron chi connectivity index (χ2n) is 8.64. The van der Waals surface area contributed by atoms with E-state index in [0.717, 1.165) is 71.0 Å². The summed E-state index contributed by atoms with van der Waals surface area (Å²) in [6, 6.07) is 15.1. The summed E-state index contributed by atoms with van der Waals surface area (Å²) in [6.45, 7) is 6.29. The van der Waals surface area contributed by atoms with Gasteiger partial charge in [0, 0.05) is 26.0 Å². The van der Waals surface area contributed by atoms with Crippen LogP contribution in [0.25, 0.3) is 55.9 Å². The number of benzene rings is 1. The Balaban J connectivity index is 1.78. The van der Waals surface area contributed by atoms with Gasteiger partial charge < -0.3 is 4.98 Å². The zero-order valence-electron chi connectivity index (χ0n) is 19.1. The van der Waals surface area contributed by atoms with E-state index in [1.807, 2.05) is 12.1 Å². The quantitative estimate of drug-likeness (QED) is 0.267. The van der Waals surface area contributed by atoms with Gasteiger partial charge in [0.25, 0.3) is 0 Å². The van der Waals surface area contributed by atoms with Crippen molar-refractivity contribution >= 4 is 56.1 Å². The molecule has 0 amide bonds. The Labute approximate surface area is 201 Å². The van der Waals surface area contributed by atoms with Crippen molar-refractivity contribution in [3.05, 3.63) is 93.8 Å². The fourth-order valence-corrected chi connectivity index (χ4v) is 5.52. The van der Waals surface area contributed by atoms with Crippen molar-refractivity contribution in [1.29, 1.82) is 0 Å². The molecule has 2 aliphatic heterocycles. The number of aromatic amines is 1. The number of aromatic nitrogens is 3. The maximum Gasteiger partial charge on any atom is 0.123 e. The number of nitrogens with zero attached hydrogens (tertiary/aromatic N) is 2. The highest BCUT2D eigenvalue weighted by Gasteiger charge is 2.14. The van der Waals surface area contributed by atoms with Crippen LogP contribution in [0.3, 0.4) is 0 Å². The number of H-pyrrole nitrogens is 1. The van der Waals surface area contributed by atoms with E-state index in [-0.39, 0.29) is 5.82 Å². The number of halogens is 1. The molecule has 34 heavy (non-hydrogen) atoms. The zero-order valence-corrected chi connectivity index (χ0v) is 19.9. The van der Waals surface area contributed by atoms with Gasteiger partial charge in [0.15, 0.2) is 0 Å². The van der Waals surface area contributed by atoms with Gasteiger partial charge in [-0.15, -0.1) is 11.3 Å². The van der Waals surface area contributed by atoms with E-state index < -0.39 is 0 Å². The molecule has 1 N–H and O–H groups in total. The average Bonchev–Trinajstić information content (AvgIpc) is 3.65. The normalized spacial score (nSPS) is 12.5. The SMILES string of the molecule is Cc1c2nc(c(C)c3ccc(s3)c(-c3ccc(F)cc3)c3nc(c(C)c4ccc1[nH]4)C=C3)C=C2. The summed E-state index contributed by atoms with van der Waals surface area (Å²) in [6.07, 6.45) is 8.28. The Kier molecular flexibility index (Phi) is 4.82. The number of thiophene rings is 1. The Morgan fingerprint density at radius 1 is 0.618 bits per heavy atom. The summed E-state index contributed by atoms with van der Waals surface area (Å²) < 4.78 is 16.0. The third kappa shape index (κ3) is 3.40. The topological polar surface area (TPSA) is 41.6 Å². The van der Waals surface area contributed by atoms with Gasteiger partial charge in [0.1, 0.15) is 5.82 Å². The first-order valence-corrected chi connectivity index (χ1v) is 12.0. The minimum atomic E-state index is -0.248. The van der Waals surface area contributed by atoms with Gasteiger partial charge in [-0.2, -0.15) is 0 Å². The van der Waals surface area contributed by atoms with Crippen molar-refractivity contribution < 1.29 is 4.39 Å². The van der Waals surface area contributed by atoms with Crippen molar-refractivity contribution in [3.8, 4) is 11.1 Å². The van der Waals surface area contributed by atoms with Crippen molar-refractivity contribution in [2.24, 2.45) is 0 Å². The molecule has 6 rings (SSSR count).